The molecule has 132 valence electrons. The van der Waals surface area contributed by atoms with Crippen molar-refractivity contribution < 1.29 is 18.5 Å². The van der Waals surface area contributed by atoms with Crippen LogP contribution in [-0.2, 0) is 6.54 Å². The highest BCUT2D eigenvalue weighted by Crippen LogP contribution is 2.16. The second-order valence-electron chi connectivity index (χ2n) is 5.68. The molecule has 1 aromatic carbocycles. The standard InChI is InChI=1S/C15H15F2N5O3/c16-11-3-1-2-10(14(11)17)9-20-4-6-21(7-5-20)15(23)12-8-13(19-18-12)22(24)25/h1-3,8H,4-7,9H2,(H,18,19). The molecule has 0 spiro atoms. The number of hydrogen-bond acceptors (Lipinski definition) is 5. The summed E-state index contributed by atoms with van der Waals surface area (Å²) in [5.41, 5.74) is 0.249. The molecule has 1 fully saturated rings. The van der Waals surface area contributed by atoms with Crippen LogP contribution in [0.1, 0.15) is 16.1 Å². The summed E-state index contributed by atoms with van der Waals surface area (Å²) in [5, 5.41) is 16.5. The summed E-state index contributed by atoms with van der Waals surface area (Å²) < 4.78 is 27.0. The van der Waals surface area contributed by atoms with Gasteiger partial charge in [0.1, 0.15) is 0 Å². The van der Waals surface area contributed by atoms with Gasteiger partial charge in [0.05, 0.1) is 6.07 Å². The van der Waals surface area contributed by atoms with Crippen molar-refractivity contribution in [3.05, 3.63) is 57.3 Å². The van der Waals surface area contributed by atoms with Gasteiger partial charge >= 0.3 is 5.82 Å². The number of aromatic nitrogens is 2. The van der Waals surface area contributed by atoms with Crippen molar-refractivity contribution in [2.24, 2.45) is 0 Å². The molecule has 3 rings (SSSR count). The van der Waals surface area contributed by atoms with E-state index in [1.165, 1.54) is 17.0 Å². The number of rotatable bonds is 4. The van der Waals surface area contributed by atoms with E-state index >= 15 is 0 Å². The Balaban J connectivity index is 1.58. The molecular weight excluding hydrogens is 336 g/mol. The number of nitrogens with zero attached hydrogens (tertiary/aromatic N) is 4. The number of aromatic amines is 1. The zero-order chi connectivity index (χ0) is 18.0. The SMILES string of the molecule is O=C(c1cc([N+](=O)[O-])[nH]n1)N1CCN(Cc2cccc(F)c2F)CC1. The highest BCUT2D eigenvalue weighted by molar-refractivity contribution is 5.92. The van der Waals surface area contributed by atoms with Gasteiger partial charge in [-0.25, -0.2) is 8.78 Å². The van der Waals surface area contributed by atoms with E-state index in [0.29, 0.717) is 26.2 Å². The van der Waals surface area contributed by atoms with Gasteiger partial charge in [-0.05, 0) is 11.0 Å². The Labute approximate surface area is 141 Å². The lowest BCUT2D eigenvalue weighted by molar-refractivity contribution is -0.389. The van der Waals surface area contributed by atoms with Crippen LogP contribution in [-0.4, -0.2) is 57.0 Å². The van der Waals surface area contributed by atoms with Crippen LogP contribution in [0, 0.1) is 21.7 Å². The third-order valence-corrected chi connectivity index (χ3v) is 4.07. The molecule has 0 radical (unpaired) electrons. The summed E-state index contributed by atoms with van der Waals surface area (Å²) >= 11 is 0. The van der Waals surface area contributed by atoms with Crippen LogP contribution < -0.4 is 0 Å². The number of carbonyl (C=O) groups excluding carboxylic acids is 1. The molecule has 2 aromatic rings. The van der Waals surface area contributed by atoms with Crippen LogP contribution in [0.25, 0.3) is 0 Å². The Hall–Kier alpha value is -2.88. The van der Waals surface area contributed by atoms with Crippen molar-refractivity contribution in [1.82, 2.24) is 20.0 Å². The Morgan fingerprint density at radius 1 is 1.28 bits per heavy atom. The summed E-state index contributed by atoms with van der Waals surface area (Å²) in [4.78, 5) is 25.7. The Morgan fingerprint density at radius 2 is 2.00 bits per heavy atom. The molecule has 1 aliphatic rings. The number of piperazine rings is 1. The van der Waals surface area contributed by atoms with Crippen molar-refractivity contribution in [3.8, 4) is 0 Å². The van der Waals surface area contributed by atoms with Crippen molar-refractivity contribution in [2.45, 2.75) is 6.54 Å². The third kappa shape index (κ3) is 3.63. The zero-order valence-electron chi connectivity index (χ0n) is 13.1. The highest BCUT2D eigenvalue weighted by Gasteiger charge is 2.26. The van der Waals surface area contributed by atoms with E-state index < -0.39 is 22.5 Å². The quantitative estimate of drug-likeness (QED) is 0.666. The first-order valence-electron chi connectivity index (χ1n) is 7.60. The van der Waals surface area contributed by atoms with Gasteiger partial charge < -0.3 is 15.0 Å². The second-order valence-corrected chi connectivity index (χ2v) is 5.68. The number of hydrogen-bond donors (Lipinski definition) is 1. The van der Waals surface area contributed by atoms with E-state index in [-0.39, 0.29) is 23.6 Å². The number of benzene rings is 1. The van der Waals surface area contributed by atoms with E-state index in [9.17, 15) is 23.7 Å². The van der Waals surface area contributed by atoms with Gasteiger partial charge in [-0.15, -0.1) is 5.10 Å². The second kappa shape index (κ2) is 6.93. The molecule has 1 saturated heterocycles. The Morgan fingerprint density at radius 3 is 2.64 bits per heavy atom. The Bertz CT molecular complexity index is 802. The van der Waals surface area contributed by atoms with Crippen LogP contribution in [0.5, 0.6) is 0 Å². The molecule has 0 atom stereocenters. The lowest BCUT2D eigenvalue weighted by atomic mass is 10.1. The van der Waals surface area contributed by atoms with Crippen molar-refractivity contribution in [1.29, 1.82) is 0 Å². The molecular formula is C15H15F2N5O3. The maximum absolute atomic E-state index is 13.7. The molecule has 0 saturated carbocycles. The molecule has 10 heteroatoms. The molecule has 1 amide bonds. The average molecular weight is 351 g/mol. The van der Waals surface area contributed by atoms with Gasteiger partial charge in [0, 0.05) is 38.3 Å². The zero-order valence-corrected chi connectivity index (χ0v) is 13.1. The number of amides is 1. The molecule has 2 heterocycles. The maximum atomic E-state index is 13.7. The number of nitrogens with one attached hydrogen (secondary N) is 1. The van der Waals surface area contributed by atoms with E-state index in [1.54, 1.807) is 0 Å². The normalized spacial score (nSPS) is 15.4. The van der Waals surface area contributed by atoms with Gasteiger partial charge in [0.15, 0.2) is 17.3 Å². The van der Waals surface area contributed by atoms with E-state index in [1.807, 2.05) is 4.90 Å². The van der Waals surface area contributed by atoms with E-state index in [2.05, 4.69) is 10.2 Å². The molecule has 0 bridgehead atoms. The smallest absolute Gasteiger partial charge is 0.343 e. The van der Waals surface area contributed by atoms with Crippen LogP contribution in [0.15, 0.2) is 24.3 Å². The summed E-state index contributed by atoms with van der Waals surface area (Å²) in [6.07, 6.45) is 0. The summed E-state index contributed by atoms with van der Waals surface area (Å²) in [6.45, 7) is 1.95. The Kier molecular flexibility index (Phi) is 4.70. The van der Waals surface area contributed by atoms with Gasteiger partial charge in [0.25, 0.3) is 5.91 Å². The molecule has 25 heavy (non-hydrogen) atoms. The molecule has 1 N–H and O–H groups in total. The predicted molar refractivity (Wildman–Crippen MR) is 82.8 cm³/mol. The van der Waals surface area contributed by atoms with Gasteiger partial charge in [-0.2, -0.15) is 0 Å². The summed E-state index contributed by atoms with van der Waals surface area (Å²) in [7, 11) is 0. The van der Waals surface area contributed by atoms with Crippen molar-refractivity contribution in [3.63, 3.8) is 0 Å². The molecule has 8 nitrogen and oxygen atoms in total. The van der Waals surface area contributed by atoms with E-state index in [0.717, 1.165) is 12.1 Å². The number of nitro groups is 1. The van der Waals surface area contributed by atoms with Crippen molar-refractivity contribution in [2.75, 3.05) is 26.2 Å². The number of carbonyl (C=O) groups is 1. The van der Waals surface area contributed by atoms with Crippen molar-refractivity contribution >= 4 is 11.7 Å². The van der Waals surface area contributed by atoms with Gasteiger partial charge in [0.2, 0.25) is 0 Å². The minimum absolute atomic E-state index is 0.0173. The fourth-order valence-electron chi connectivity index (χ4n) is 2.70. The average Bonchev–Trinajstić information content (AvgIpc) is 3.09. The first-order chi connectivity index (χ1) is 12.0. The van der Waals surface area contributed by atoms with Crippen LogP contribution in [0.2, 0.25) is 0 Å². The molecule has 1 aromatic heterocycles. The number of H-pyrrole nitrogens is 1. The largest absolute Gasteiger partial charge is 0.358 e. The lowest BCUT2D eigenvalue weighted by Crippen LogP contribution is -2.48. The first kappa shape index (κ1) is 17.0. The van der Waals surface area contributed by atoms with E-state index in [4.69, 9.17) is 0 Å². The number of halogens is 2. The minimum atomic E-state index is -0.883. The lowest BCUT2D eigenvalue weighted by Gasteiger charge is -2.34. The topological polar surface area (TPSA) is 95.4 Å². The van der Waals surface area contributed by atoms with Gasteiger partial charge in [-0.3, -0.25) is 9.69 Å². The fourth-order valence-corrected chi connectivity index (χ4v) is 2.70. The monoisotopic (exact) mass is 351 g/mol. The summed E-state index contributed by atoms with van der Waals surface area (Å²) in [5.74, 6) is -2.49. The predicted octanol–water partition coefficient (Wildman–Crippen LogP) is 1.55. The maximum Gasteiger partial charge on any atom is 0.343 e. The highest BCUT2D eigenvalue weighted by atomic mass is 19.2. The minimum Gasteiger partial charge on any atom is -0.358 e. The summed E-state index contributed by atoms with van der Waals surface area (Å²) in [6, 6.07) is 5.14. The third-order valence-electron chi connectivity index (χ3n) is 4.07. The molecule has 0 unspecified atom stereocenters. The first-order valence-corrected chi connectivity index (χ1v) is 7.60. The van der Waals surface area contributed by atoms with Crippen LogP contribution in [0.3, 0.4) is 0 Å². The molecule has 0 aliphatic carbocycles. The molecule has 1 aliphatic heterocycles. The van der Waals surface area contributed by atoms with Crippen LogP contribution >= 0.6 is 0 Å². The van der Waals surface area contributed by atoms with Gasteiger partial charge in [-0.1, -0.05) is 17.2 Å². The van der Waals surface area contributed by atoms with Crippen LogP contribution in [0.4, 0.5) is 14.6 Å². The fraction of sp³-hybridized carbons (Fsp3) is 0.333.